The van der Waals surface area contributed by atoms with E-state index in [1.807, 2.05) is 0 Å². The molecule has 0 amide bonds. The maximum Gasteiger partial charge on any atom is 0.490 e. The van der Waals surface area contributed by atoms with Gasteiger partial charge in [0.25, 0.3) is 5.56 Å². The first kappa shape index (κ1) is 30.0. The Bertz CT molecular complexity index is 1580. The van der Waals surface area contributed by atoms with Crippen LogP contribution in [-0.4, -0.2) is 58.8 Å². The van der Waals surface area contributed by atoms with E-state index >= 15 is 8.78 Å². The van der Waals surface area contributed by atoms with Gasteiger partial charge in [-0.3, -0.25) is 9.52 Å². The number of carbonyl (C=O) groups is 1. The molecule has 1 aromatic heterocycles. The highest BCUT2D eigenvalue weighted by atomic mass is 35.5. The number of alkyl halides is 4. The molecule has 18 heteroatoms. The Morgan fingerprint density at radius 2 is 1.77 bits per heavy atom. The summed E-state index contributed by atoms with van der Waals surface area (Å²) in [5, 5.41) is 9.29. The van der Waals surface area contributed by atoms with Crippen molar-refractivity contribution in [3.05, 3.63) is 57.6 Å². The molecule has 1 saturated heterocycles. The number of nitrogens with one attached hydrogen (secondary N) is 2. The van der Waals surface area contributed by atoms with Gasteiger partial charge in [0.15, 0.2) is 11.6 Å². The summed E-state index contributed by atoms with van der Waals surface area (Å²) in [5.74, 6) is -4.77. The van der Waals surface area contributed by atoms with Gasteiger partial charge in [0.2, 0.25) is 0 Å². The summed E-state index contributed by atoms with van der Waals surface area (Å²) in [6.45, 7) is -0.386. The number of aryl methyl sites for hydroxylation is 1. The van der Waals surface area contributed by atoms with Crippen molar-refractivity contribution in [1.82, 2.24) is 13.9 Å². The zero-order chi connectivity index (χ0) is 29.3. The number of hydrogen-bond acceptors (Lipinski definition) is 6. The summed E-state index contributed by atoms with van der Waals surface area (Å²) in [7, 11) is -2.82. The van der Waals surface area contributed by atoms with Crippen LogP contribution in [0.5, 0.6) is 0 Å². The Kier molecular flexibility index (Phi) is 8.66. The van der Waals surface area contributed by atoms with E-state index in [1.165, 1.54) is 25.5 Å². The lowest BCUT2D eigenvalue weighted by atomic mass is 10.2. The van der Waals surface area contributed by atoms with Crippen LogP contribution in [0.1, 0.15) is 6.42 Å². The van der Waals surface area contributed by atoms with Crippen molar-refractivity contribution in [3.63, 3.8) is 0 Å². The van der Waals surface area contributed by atoms with Crippen molar-refractivity contribution in [3.8, 4) is 0 Å². The van der Waals surface area contributed by atoms with E-state index in [-0.39, 0.29) is 46.8 Å². The summed E-state index contributed by atoms with van der Waals surface area (Å²) in [6, 6.07) is 4.82. The number of benzene rings is 2. The monoisotopic (exact) mass is 601 g/mol. The minimum Gasteiger partial charge on any atom is -0.475 e. The van der Waals surface area contributed by atoms with Crippen LogP contribution in [0.2, 0.25) is 5.02 Å². The van der Waals surface area contributed by atoms with E-state index < -0.39 is 51.4 Å². The smallest absolute Gasteiger partial charge is 0.475 e. The Morgan fingerprint density at radius 1 is 1.15 bits per heavy atom. The van der Waals surface area contributed by atoms with Crippen LogP contribution in [0.15, 0.2) is 35.4 Å². The van der Waals surface area contributed by atoms with Crippen LogP contribution in [-0.2, 0) is 22.1 Å². The highest BCUT2D eigenvalue weighted by Gasteiger charge is 2.38. The molecule has 0 radical (unpaired) electrons. The fourth-order valence-electron chi connectivity index (χ4n) is 3.36. The fourth-order valence-corrected chi connectivity index (χ4v) is 4.84. The second-order valence-electron chi connectivity index (χ2n) is 8.08. The van der Waals surface area contributed by atoms with Crippen molar-refractivity contribution in [2.24, 2.45) is 7.05 Å². The van der Waals surface area contributed by atoms with Gasteiger partial charge in [-0.05, 0) is 30.7 Å². The molecule has 1 aliphatic heterocycles. The molecule has 212 valence electrons. The zero-order valence-electron chi connectivity index (χ0n) is 19.6. The van der Waals surface area contributed by atoms with E-state index in [2.05, 4.69) is 15.0 Å². The van der Waals surface area contributed by atoms with E-state index in [9.17, 15) is 30.8 Å². The number of carboxylic acids is 1. The standard InChI is InChI=1S/C19H17ClF3N5O3S.C2HF3O2/c1-27-9-24-12-2-3-13(18(23)16(12)19(27)29)25-14-6-10(20)7-15(17(14)22)26-32(30,31)28-5-4-11(21)8-28;3-2(4,5)1(6)7/h2-3,6-7,9,11,25-26H,4-5,8H2,1H3;(H,6,7)/t11-;/m1./s1. The maximum atomic E-state index is 15.1. The molecule has 0 bridgehead atoms. The number of hydrogen-bond donors (Lipinski definition) is 3. The molecule has 4 rings (SSSR count). The second-order valence-corrected chi connectivity index (χ2v) is 10.2. The molecule has 0 aliphatic carbocycles. The van der Waals surface area contributed by atoms with E-state index in [4.69, 9.17) is 21.5 Å². The van der Waals surface area contributed by atoms with Gasteiger partial charge in [0.1, 0.15) is 11.6 Å². The van der Waals surface area contributed by atoms with Gasteiger partial charge >= 0.3 is 22.4 Å². The van der Waals surface area contributed by atoms with Crippen LogP contribution < -0.4 is 15.6 Å². The van der Waals surface area contributed by atoms with Crippen molar-refractivity contribution in [2.45, 2.75) is 18.8 Å². The normalized spacial score (nSPS) is 16.1. The Labute approximate surface area is 221 Å². The predicted molar refractivity (Wildman–Crippen MR) is 129 cm³/mol. The molecule has 1 aliphatic rings. The minimum atomic E-state index is -5.08. The van der Waals surface area contributed by atoms with Crippen LogP contribution in [0.25, 0.3) is 10.9 Å². The summed E-state index contributed by atoms with van der Waals surface area (Å²) in [6.07, 6.45) is -5.09. The molecule has 2 aromatic carbocycles. The number of aliphatic carboxylic acids is 1. The molecule has 0 unspecified atom stereocenters. The van der Waals surface area contributed by atoms with E-state index in [0.717, 1.165) is 21.0 Å². The van der Waals surface area contributed by atoms with Gasteiger partial charge in [-0.25, -0.2) is 22.9 Å². The first-order valence-corrected chi connectivity index (χ1v) is 12.4. The molecule has 0 saturated carbocycles. The van der Waals surface area contributed by atoms with E-state index in [0.29, 0.717) is 0 Å². The van der Waals surface area contributed by atoms with Gasteiger partial charge in [-0.1, -0.05) is 11.6 Å². The SMILES string of the molecule is Cn1cnc2ccc(Nc3cc(Cl)cc(NS(=O)(=O)N4CC[C@@H](F)C4)c3F)c(F)c2c1=O.O=C(O)C(F)(F)F. The molecule has 1 atom stereocenters. The number of halogens is 7. The fraction of sp³-hybridized carbons (Fsp3) is 0.286. The average Bonchev–Trinajstić information content (AvgIpc) is 3.28. The Hall–Kier alpha value is -3.57. The van der Waals surface area contributed by atoms with E-state index in [1.54, 1.807) is 0 Å². The molecule has 10 nitrogen and oxygen atoms in total. The minimum absolute atomic E-state index is 0.0430. The summed E-state index contributed by atoms with van der Waals surface area (Å²) >= 11 is 6.01. The Morgan fingerprint density at radius 3 is 2.33 bits per heavy atom. The maximum absolute atomic E-state index is 15.1. The van der Waals surface area contributed by atoms with Crippen molar-refractivity contribution >= 4 is 55.7 Å². The number of fused-ring (bicyclic) bond motifs is 1. The van der Waals surface area contributed by atoms with Crippen molar-refractivity contribution < 1.29 is 44.7 Å². The lowest BCUT2D eigenvalue weighted by molar-refractivity contribution is -0.192. The zero-order valence-corrected chi connectivity index (χ0v) is 21.1. The van der Waals surface area contributed by atoms with Gasteiger partial charge in [0, 0.05) is 25.2 Å². The van der Waals surface area contributed by atoms with Crippen LogP contribution >= 0.6 is 11.6 Å². The predicted octanol–water partition coefficient (Wildman–Crippen LogP) is 3.94. The summed E-state index contributed by atoms with van der Waals surface area (Å²) in [4.78, 5) is 25.2. The third-order valence-electron chi connectivity index (χ3n) is 5.25. The molecular formula is C21H18ClF6N5O5S. The van der Waals surface area contributed by atoms with Crippen molar-refractivity contribution in [2.75, 3.05) is 23.1 Å². The summed E-state index contributed by atoms with van der Waals surface area (Å²) in [5.41, 5.74) is -1.58. The third-order valence-corrected chi connectivity index (χ3v) is 6.95. The number of nitrogens with zero attached hydrogens (tertiary/aromatic N) is 3. The van der Waals surface area contributed by atoms with Gasteiger partial charge in [0.05, 0.1) is 28.9 Å². The molecule has 3 aromatic rings. The molecule has 39 heavy (non-hydrogen) atoms. The molecule has 0 spiro atoms. The summed E-state index contributed by atoms with van der Waals surface area (Å²) < 4.78 is 104. The van der Waals surface area contributed by atoms with Crippen LogP contribution in [0.3, 0.4) is 0 Å². The number of rotatable bonds is 5. The number of anilines is 3. The first-order valence-electron chi connectivity index (χ1n) is 10.6. The second kappa shape index (κ2) is 11.3. The molecule has 1 fully saturated rings. The third kappa shape index (κ3) is 6.90. The van der Waals surface area contributed by atoms with Gasteiger partial charge in [-0.2, -0.15) is 25.9 Å². The highest BCUT2D eigenvalue weighted by molar-refractivity contribution is 7.90. The lowest BCUT2D eigenvalue weighted by Gasteiger charge is -2.19. The molecule has 3 N–H and O–H groups in total. The number of aromatic nitrogens is 2. The number of carboxylic acid groups (broad SMARTS) is 1. The quantitative estimate of drug-likeness (QED) is 0.377. The Balaban J connectivity index is 0.000000532. The topological polar surface area (TPSA) is 134 Å². The highest BCUT2D eigenvalue weighted by Crippen LogP contribution is 2.33. The largest absolute Gasteiger partial charge is 0.490 e. The average molecular weight is 602 g/mol. The van der Waals surface area contributed by atoms with Gasteiger partial charge < -0.3 is 15.0 Å². The van der Waals surface area contributed by atoms with Crippen molar-refractivity contribution in [1.29, 1.82) is 0 Å². The molecular weight excluding hydrogens is 584 g/mol. The van der Waals surface area contributed by atoms with Gasteiger partial charge in [-0.15, -0.1) is 0 Å². The molecule has 2 heterocycles. The lowest BCUT2D eigenvalue weighted by Crippen LogP contribution is -2.34. The van der Waals surface area contributed by atoms with Crippen LogP contribution in [0.4, 0.5) is 43.4 Å². The van der Waals surface area contributed by atoms with Crippen LogP contribution in [0, 0.1) is 11.6 Å². The first-order chi connectivity index (χ1) is 18.0.